The lowest BCUT2D eigenvalue weighted by Crippen LogP contribution is -2.05. The van der Waals surface area contributed by atoms with E-state index in [9.17, 15) is 4.79 Å². The highest BCUT2D eigenvalue weighted by Gasteiger charge is 2.09. The van der Waals surface area contributed by atoms with Gasteiger partial charge < -0.3 is 10.1 Å². The smallest absolute Gasteiger partial charge is 0.303 e. The fraction of sp³-hybridized carbons (Fsp3) is 0.385. The zero-order valence-electron chi connectivity index (χ0n) is 9.81. The number of aromatic amines is 1. The number of aromatic nitrogens is 2. The number of fused-ring (bicyclic) bond motifs is 1. The van der Waals surface area contributed by atoms with Gasteiger partial charge in [-0.2, -0.15) is 0 Å². The first kappa shape index (κ1) is 11.6. The highest BCUT2D eigenvalue weighted by Crippen LogP contribution is 2.14. The van der Waals surface area contributed by atoms with Crippen LogP contribution in [-0.4, -0.2) is 21.0 Å². The minimum absolute atomic E-state index is 0.181. The molecule has 2 N–H and O–H groups in total. The zero-order valence-corrected chi connectivity index (χ0v) is 9.81. The second kappa shape index (κ2) is 4.99. The molecule has 4 nitrogen and oxygen atoms in total. The number of benzene rings is 1. The van der Waals surface area contributed by atoms with Gasteiger partial charge in [0.15, 0.2) is 0 Å². The molecule has 0 spiro atoms. The maximum absolute atomic E-state index is 10.5. The molecular weight excluding hydrogens is 216 g/mol. The van der Waals surface area contributed by atoms with Crippen LogP contribution in [0.3, 0.4) is 0 Å². The minimum atomic E-state index is -0.734. The van der Waals surface area contributed by atoms with Gasteiger partial charge in [-0.3, -0.25) is 4.79 Å². The van der Waals surface area contributed by atoms with E-state index in [0.717, 1.165) is 29.7 Å². The van der Waals surface area contributed by atoms with Crippen LogP contribution in [0.2, 0.25) is 0 Å². The number of carboxylic acid groups (broad SMARTS) is 1. The maximum Gasteiger partial charge on any atom is 0.303 e. The topological polar surface area (TPSA) is 66.0 Å². The van der Waals surface area contributed by atoms with Crippen LogP contribution in [0, 0.1) is 5.92 Å². The highest BCUT2D eigenvalue weighted by atomic mass is 16.4. The van der Waals surface area contributed by atoms with Gasteiger partial charge in [-0.25, -0.2) is 4.98 Å². The molecule has 1 atom stereocenters. The van der Waals surface area contributed by atoms with E-state index in [1.165, 1.54) is 0 Å². The Bertz CT molecular complexity index is 486. The molecule has 4 heteroatoms. The Balaban J connectivity index is 1.97. The van der Waals surface area contributed by atoms with E-state index in [-0.39, 0.29) is 12.3 Å². The number of imidazole rings is 1. The Kier molecular flexibility index (Phi) is 3.42. The van der Waals surface area contributed by atoms with Crippen LogP contribution in [0.25, 0.3) is 11.0 Å². The third kappa shape index (κ3) is 3.06. The van der Waals surface area contributed by atoms with Gasteiger partial charge >= 0.3 is 5.97 Å². The van der Waals surface area contributed by atoms with Gasteiger partial charge in [0.1, 0.15) is 5.82 Å². The quantitative estimate of drug-likeness (QED) is 0.832. The van der Waals surface area contributed by atoms with Crippen molar-refractivity contribution >= 4 is 17.0 Å². The summed E-state index contributed by atoms with van der Waals surface area (Å²) in [4.78, 5) is 18.2. The summed E-state index contributed by atoms with van der Waals surface area (Å²) in [5, 5.41) is 8.67. The number of para-hydroxylation sites is 2. The van der Waals surface area contributed by atoms with E-state index in [1.54, 1.807) is 0 Å². The lowest BCUT2D eigenvalue weighted by atomic mass is 10.0. The fourth-order valence-electron chi connectivity index (χ4n) is 1.91. The highest BCUT2D eigenvalue weighted by molar-refractivity contribution is 5.74. The predicted molar refractivity (Wildman–Crippen MR) is 65.8 cm³/mol. The van der Waals surface area contributed by atoms with E-state index >= 15 is 0 Å². The van der Waals surface area contributed by atoms with Crippen LogP contribution in [0.4, 0.5) is 0 Å². The van der Waals surface area contributed by atoms with E-state index in [0.29, 0.717) is 0 Å². The predicted octanol–water partition coefficient (Wildman–Crippen LogP) is 2.61. The number of H-pyrrole nitrogens is 1. The van der Waals surface area contributed by atoms with Crippen molar-refractivity contribution in [1.29, 1.82) is 0 Å². The molecular formula is C13H16N2O2. The number of aliphatic carboxylic acids is 1. The van der Waals surface area contributed by atoms with Crippen LogP contribution in [0.1, 0.15) is 25.6 Å². The molecule has 0 fully saturated rings. The molecule has 0 aliphatic carbocycles. The van der Waals surface area contributed by atoms with Crippen molar-refractivity contribution in [2.24, 2.45) is 5.92 Å². The lowest BCUT2D eigenvalue weighted by molar-refractivity contribution is -0.138. The van der Waals surface area contributed by atoms with Gasteiger partial charge in [0.05, 0.1) is 11.0 Å². The van der Waals surface area contributed by atoms with Crippen molar-refractivity contribution in [3.63, 3.8) is 0 Å². The first-order valence-corrected chi connectivity index (χ1v) is 5.80. The average Bonchev–Trinajstić information content (AvgIpc) is 2.68. The number of aryl methyl sites for hydroxylation is 1. The number of carboxylic acids is 1. The summed E-state index contributed by atoms with van der Waals surface area (Å²) >= 11 is 0. The van der Waals surface area contributed by atoms with Crippen LogP contribution >= 0.6 is 0 Å². The molecule has 2 aromatic rings. The van der Waals surface area contributed by atoms with Crippen molar-refractivity contribution in [3.05, 3.63) is 30.1 Å². The van der Waals surface area contributed by atoms with Gasteiger partial charge in [0, 0.05) is 12.8 Å². The molecule has 0 saturated carbocycles. The van der Waals surface area contributed by atoms with Gasteiger partial charge in [-0.1, -0.05) is 19.1 Å². The number of carbonyl (C=O) groups is 1. The molecule has 0 aliphatic rings. The molecule has 0 radical (unpaired) electrons. The molecule has 2 rings (SSSR count). The van der Waals surface area contributed by atoms with Crippen LogP contribution in [-0.2, 0) is 11.2 Å². The summed E-state index contributed by atoms with van der Waals surface area (Å²) in [5.41, 5.74) is 2.00. The Hall–Kier alpha value is -1.84. The van der Waals surface area contributed by atoms with E-state index < -0.39 is 5.97 Å². The van der Waals surface area contributed by atoms with Crippen molar-refractivity contribution in [2.75, 3.05) is 0 Å². The summed E-state index contributed by atoms with van der Waals surface area (Å²) in [7, 11) is 0. The van der Waals surface area contributed by atoms with Gasteiger partial charge in [-0.05, 0) is 24.5 Å². The molecule has 90 valence electrons. The molecule has 1 heterocycles. The molecule has 1 aromatic heterocycles. The number of nitrogens with one attached hydrogen (secondary N) is 1. The molecule has 17 heavy (non-hydrogen) atoms. The summed E-state index contributed by atoms with van der Waals surface area (Å²) in [6.07, 6.45) is 1.86. The molecule has 0 aliphatic heterocycles. The fourth-order valence-corrected chi connectivity index (χ4v) is 1.91. The number of nitrogens with zero attached hydrogens (tertiary/aromatic N) is 1. The summed E-state index contributed by atoms with van der Waals surface area (Å²) < 4.78 is 0. The van der Waals surface area contributed by atoms with Crippen LogP contribution < -0.4 is 0 Å². The van der Waals surface area contributed by atoms with Gasteiger partial charge in [0.2, 0.25) is 0 Å². The molecule has 1 aromatic carbocycles. The van der Waals surface area contributed by atoms with Crippen LogP contribution in [0.5, 0.6) is 0 Å². The third-order valence-electron chi connectivity index (χ3n) is 2.84. The zero-order chi connectivity index (χ0) is 12.3. The first-order chi connectivity index (χ1) is 8.15. The summed E-state index contributed by atoms with van der Waals surface area (Å²) in [6, 6.07) is 7.89. The second-order valence-electron chi connectivity index (χ2n) is 4.44. The number of hydrogen-bond donors (Lipinski definition) is 2. The molecule has 0 saturated heterocycles. The first-order valence-electron chi connectivity index (χ1n) is 5.80. The van der Waals surface area contributed by atoms with E-state index in [2.05, 4.69) is 9.97 Å². The van der Waals surface area contributed by atoms with E-state index in [4.69, 9.17) is 5.11 Å². The average molecular weight is 232 g/mol. The second-order valence-corrected chi connectivity index (χ2v) is 4.44. The van der Waals surface area contributed by atoms with E-state index in [1.807, 2.05) is 31.2 Å². The van der Waals surface area contributed by atoms with Crippen LogP contribution in [0.15, 0.2) is 24.3 Å². The molecule has 0 bridgehead atoms. The SMILES string of the molecule is CC(CCc1nc2ccccc2[nH]1)CC(=O)O. The van der Waals surface area contributed by atoms with Crippen molar-refractivity contribution in [1.82, 2.24) is 9.97 Å². The van der Waals surface area contributed by atoms with Crippen molar-refractivity contribution < 1.29 is 9.90 Å². The minimum Gasteiger partial charge on any atom is -0.481 e. The summed E-state index contributed by atoms with van der Waals surface area (Å²) in [5.74, 6) is 0.381. The Morgan fingerprint density at radius 1 is 1.47 bits per heavy atom. The lowest BCUT2D eigenvalue weighted by Gasteiger charge is -2.05. The summed E-state index contributed by atoms with van der Waals surface area (Å²) in [6.45, 7) is 1.96. The normalized spacial score (nSPS) is 12.8. The molecule has 1 unspecified atom stereocenters. The Morgan fingerprint density at radius 2 is 2.24 bits per heavy atom. The molecule has 0 amide bonds. The van der Waals surface area contributed by atoms with Crippen molar-refractivity contribution in [3.8, 4) is 0 Å². The largest absolute Gasteiger partial charge is 0.481 e. The Morgan fingerprint density at radius 3 is 2.94 bits per heavy atom. The Labute approximate surface area is 99.7 Å². The standard InChI is InChI=1S/C13H16N2O2/c1-9(8-13(16)17)6-7-12-14-10-4-2-3-5-11(10)15-12/h2-5,9H,6-8H2,1H3,(H,14,15)(H,16,17). The maximum atomic E-state index is 10.5. The van der Waals surface area contributed by atoms with Crippen molar-refractivity contribution in [2.45, 2.75) is 26.2 Å². The van der Waals surface area contributed by atoms with Gasteiger partial charge in [0.25, 0.3) is 0 Å². The van der Waals surface area contributed by atoms with Gasteiger partial charge in [-0.15, -0.1) is 0 Å². The monoisotopic (exact) mass is 232 g/mol. The number of hydrogen-bond acceptors (Lipinski definition) is 2. The third-order valence-corrected chi connectivity index (χ3v) is 2.84. The number of rotatable bonds is 5.